The Morgan fingerprint density at radius 3 is 2.56 bits per heavy atom. The van der Waals surface area contributed by atoms with Gasteiger partial charge in [0.2, 0.25) is 5.78 Å². The van der Waals surface area contributed by atoms with Crippen LogP contribution in [0.15, 0.2) is 69.6 Å². The van der Waals surface area contributed by atoms with Gasteiger partial charge in [-0.3, -0.25) is 4.79 Å². The molecule has 5 nitrogen and oxygen atoms in total. The number of furan rings is 1. The highest BCUT2D eigenvalue weighted by Crippen LogP contribution is 2.40. The molecule has 0 saturated carbocycles. The van der Waals surface area contributed by atoms with Crippen molar-refractivity contribution in [1.29, 1.82) is 0 Å². The van der Waals surface area contributed by atoms with Crippen LogP contribution in [-0.4, -0.2) is 44.5 Å². The minimum absolute atomic E-state index is 0.149. The van der Waals surface area contributed by atoms with Gasteiger partial charge in [0, 0.05) is 33.6 Å². The van der Waals surface area contributed by atoms with Crippen LogP contribution in [0.3, 0.4) is 0 Å². The van der Waals surface area contributed by atoms with Crippen LogP contribution >= 0.6 is 15.9 Å². The molecule has 4 aromatic rings. The number of hydrogen-bond donors (Lipinski definition) is 0. The molecule has 1 aliphatic heterocycles. The van der Waals surface area contributed by atoms with Gasteiger partial charge in [-0.25, -0.2) is 0 Å². The van der Waals surface area contributed by atoms with Crippen LogP contribution in [0.5, 0.6) is 11.5 Å². The molecule has 34 heavy (non-hydrogen) atoms. The van der Waals surface area contributed by atoms with Gasteiger partial charge >= 0.3 is 0 Å². The number of carbonyl (C=O) groups is 1. The van der Waals surface area contributed by atoms with E-state index in [2.05, 4.69) is 26.9 Å². The summed E-state index contributed by atoms with van der Waals surface area (Å²) in [6.45, 7) is 2.15. The van der Waals surface area contributed by atoms with E-state index in [4.69, 9.17) is 13.9 Å². The fourth-order valence-electron chi connectivity index (χ4n) is 4.19. The summed E-state index contributed by atoms with van der Waals surface area (Å²) in [6, 6.07) is 19.2. The molecule has 0 saturated heterocycles. The van der Waals surface area contributed by atoms with Crippen LogP contribution in [0.1, 0.15) is 28.1 Å². The Kier molecular flexibility index (Phi) is 6.44. The quantitative estimate of drug-likeness (QED) is 0.266. The Morgan fingerprint density at radius 1 is 1.06 bits per heavy atom. The molecule has 0 unspecified atom stereocenters. The molecule has 3 aromatic carbocycles. The lowest BCUT2D eigenvalue weighted by molar-refractivity contribution is 0.101. The largest absolute Gasteiger partial charge is 0.493 e. The van der Waals surface area contributed by atoms with E-state index < -0.39 is 0 Å². The summed E-state index contributed by atoms with van der Waals surface area (Å²) in [4.78, 5) is 15.6. The summed E-state index contributed by atoms with van der Waals surface area (Å²) < 4.78 is 18.8. The van der Waals surface area contributed by atoms with E-state index in [-0.39, 0.29) is 5.78 Å². The first-order chi connectivity index (χ1) is 16.5. The minimum Gasteiger partial charge on any atom is -0.493 e. The Balaban J connectivity index is 1.58. The maximum Gasteiger partial charge on any atom is 0.228 e. The first kappa shape index (κ1) is 22.7. The van der Waals surface area contributed by atoms with E-state index in [9.17, 15) is 4.79 Å². The third kappa shape index (κ3) is 4.61. The molecular weight excluding hydrogens is 494 g/mol. The number of likely N-dealkylation sites (N-methyl/N-ethyl adjacent to an activating group) is 1. The summed E-state index contributed by atoms with van der Waals surface area (Å²) in [5, 5.41) is 0.922. The number of ketones is 1. The topological polar surface area (TPSA) is 51.9 Å². The van der Waals surface area contributed by atoms with E-state index in [0.717, 1.165) is 57.4 Å². The Labute approximate surface area is 207 Å². The number of halogens is 1. The Hall–Kier alpha value is -3.09. The normalized spacial score (nSPS) is 13.1. The van der Waals surface area contributed by atoms with Gasteiger partial charge in [0.15, 0.2) is 5.76 Å². The molecular formula is C28H26BrNO4. The van der Waals surface area contributed by atoms with Gasteiger partial charge in [-0.2, -0.15) is 0 Å². The van der Waals surface area contributed by atoms with Crippen molar-refractivity contribution in [1.82, 2.24) is 4.90 Å². The van der Waals surface area contributed by atoms with E-state index in [1.807, 2.05) is 56.6 Å². The monoisotopic (exact) mass is 519 g/mol. The van der Waals surface area contributed by atoms with Crippen LogP contribution in [0.4, 0.5) is 0 Å². The van der Waals surface area contributed by atoms with E-state index in [1.54, 1.807) is 12.1 Å². The number of nitrogens with zero attached hydrogens (tertiary/aromatic N) is 1. The molecule has 6 heteroatoms. The number of rotatable bonds is 7. The molecule has 0 aliphatic carbocycles. The van der Waals surface area contributed by atoms with Gasteiger partial charge in [0.25, 0.3) is 0 Å². The lowest BCUT2D eigenvalue weighted by atomic mass is 9.95. The molecule has 5 rings (SSSR count). The van der Waals surface area contributed by atoms with Gasteiger partial charge in [-0.1, -0.05) is 28.1 Å². The first-order valence-electron chi connectivity index (χ1n) is 11.4. The van der Waals surface area contributed by atoms with Gasteiger partial charge in [-0.05, 0) is 80.5 Å². The second-order valence-corrected chi connectivity index (χ2v) is 9.64. The molecule has 0 radical (unpaired) electrons. The fraction of sp³-hybridized carbons (Fsp3) is 0.250. The number of ether oxygens (including phenoxy) is 2. The van der Waals surface area contributed by atoms with E-state index in [1.165, 1.54) is 0 Å². The molecule has 174 valence electrons. The van der Waals surface area contributed by atoms with E-state index in [0.29, 0.717) is 30.1 Å². The van der Waals surface area contributed by atoms with Gasteiger partial charge < -0.3 is 18.8 Å². The van der Waals surface area contributed by atoms with Crippen LogP contribution in [-0.2, 0) is 6.42 Å². The Bertz CT molecular complexity index is 1320. The molecule has 1 aromatic heterocycles. The van der Waals surface area contributed by atoms with Crippen molar-refractivity contribution in [3.63, 3.8) is 0 Å². The van der Waals surface area contributed by atoms with Crippen LogP contribution < -0.4 is 9.47 Å². The van der Waals surface area contributed by atoms with Crippen LogP contribution in [0.25, 0.3) is 22.1 Å². The number of benzene rings is 3. The van der Waals surface area contributed by atoms with Crippen molar-refractivity contribution >= 4 is 32.7 Å². The van der Waals surface area contributed by atoms with Crippen LogP contribution in [0.2, 0.25) is 0 Å². The first-order valence-corrected chi connectivity index (χ1v) is 12.2. The maximum absolute atomic E-state index is 13.5. The summed E-state index contributed by atoms with van der Waals surface area (Å²) in [5.74, 6) is 1.82. The minimum atomic E-state index is -0.149. The van der Waals surface area contributed by atoms with Crippen molar-refractivity contribution in [2.45, 2.75) is 12.8 Å². The molecule has 2 heterocycles. The SMILES string of the molecule is CN(C)CCOc1ccc(-c2c(C(=O)c3ccc(Br)cc3)oc3cc4c(cc23)CCCO4)cc1. The van der Waals surface area contributed by atoms with Gasteiger partial charge in [0.1, 0.15) is 23.7 Å². The number of aryl methyl sites for hydroxylation is 1. The second kappa shape index (κ2) is 9.65. The summed E-state index contributed by atoms with van der Waals surface area (Å²) in [6.07, 6.45) is 1.93. The smallest absolute Gasteiger partial charge is 0.228 e. The van der Waals surface area contributed by atoms with Crippen molar-refractivity contribution in [2.24, 2.45) is 0 Å². The standard InChI is InChI=1S/C28H26BrNO4/c1-30(2)13-15-32-22-11-7-18(8-12-22)26-23-16-20-4-3-14-33-24(20)17-25(23)34-28(26)27(31)19-5-9-21(29)10-6-19/h5-12,16-17H,3-4,13-15H2,1-2H3. The lowest BCUT2D eigenvalue weighted by Gasteiger charge is -2.16. The van der Waals surface area contributed by atoms with Gasteiger partial charge in [0.05, 0.1) is 6.61 Å². The number of hydrogen-bond acceptors (Lipinski definition) is 5. The highest BCUT2D eigenvalue weighted by atomic mass is 79.9. The molecule has 0 atom stereocenters. The van der Waals surface area contributed by atoms with Gasteiger partial charge in [-0.15, -0.1) is 0 Å². The number of fused-ring (bicyclic) bond motifs is 2. The summed E-state index contributed by atoms with van der Waals surface area (Å²) >= 11 is 3.44. The molecule has 0 amide bonds. The highest BCUT2D eigenvalue weighted by Gasteiger charge is 2.25. The summed E-state index contributed by atoms with van der Waals surface area (Å²) in [5.41, 5.74) is 4.09. The van der Waals surface area contributed by atoms with Crippen molar-refractivity contribution in [2.75, 3.05) is 33.9 Å². The fourth-order valence-corrected chi connectivity index (χ4v) is 4.45. The average molecular weight is 520 g/mol. The average Bonchev–Trinajstić information content (AvgIpc) is 3.21. The molecule has 0 bridgehead atoms. The zero-order valence-corrected chi connectivity index (χ0v) is 20.9. The maximum atomic E-state index is 13.5. The molecule has 1 aliphatic rings. The van der Waals surface area contributed by atoms with Crippen molar-refractivity contribution in [3.8, 4) is 22.6 Å². The highest BCUT2D eigenvalue weighted by molar-refractivity contribution is 9.10. The predicted molar refractivity (Wildman–Crippen MR) is 137 cm³/mol. The predicted octanol–water partition coefficient (Wildman–Crippen LogP) is 6.36. The second-order valence-electron chi connectivity index (χ2n) is 8.73. The Morgan fingerprint density at radius 2 is 1.82 bits per heavy atom. The molecule has 0 spiro atoms. The zero-order chi connectivity index (χ0) is 23.7. The molecule has 0 N–H and O–H groups in total. The number of carbonyl (C=O) groups excluding carboxylic acids is 1. The van der Waals surface area contributed by atoms with Crippen molar-refractivity contribution < 1.29 is 18.7 Å². The van der Waals surface area contributed by atoms with Crippen LogP contribution in [0, 0.1) is 0 Å². The van der Waals surface area contributed by atoms with E-state index >= 15 is 0 Å². The third-order valence-electron chi connectivity index (χ3n) is 5.98. The van der Waals surface area contributed by atoms with Crippen molar-refractivity contribution in [3.05, 3.63) is 82.0 Å². The molecule has 0 fully saturated rings. The third-order valence-corrected chi connectivity index (χ3v) is 6.51. The lowest BCUT2D eigenvalue weighted by Crippen LogP contribution is -2.19. The summed E-state index contributed by atoms with van der Waals surface area (Å²) in [7, 11) is 4.04. The zero-order valence-electron chi connectivity index (χ0n) is 19.3.